The lowest BCUT2D eigenvalue weighted by Gasteiger charge is -2.23. The summed E-state index contributed by atoms with van der Waals surface area (Å²) in [7, 11) is 2.68. The van der Waals surface area contributed by atoms with E-state index in [1.165, 1.54) is 13.8 Å². The molecule has 0 saturated heterocycles. The third kappa shape index (κ3) is 9.30. The Kier molecular flexibility index (Phi) is 11.9. The first-order valence-corrected chi connectivity index (χ1v) is 8.35. The summed E-state index contributed by atoms with van der Waals surface area (Å²) in [5.74, 6) is -1.42. The summed E-state index contributed by atoms with van der Waals surface area (Å²) >= 11 is 0. The van der Waals surface area contributed by atoms with Crippen LogP contribution in [0.3, 0.4) is 0 Å². The standard InChI is InChI=1S/C8H10O3.C6H16O3Si/c1-5(2)7(9)11-8(10)6(3)4;1-5-6-10(7-2,8-3)9-4/h1,3H2,2,4H3;5-6H2,1-4H3. The Bertz CT molecular complexity index is 341. The Balaban J connectivity index is 0. The highest BCUT2D eigenvalue weighted by Crippen LogP contribution is 2.13. The van der Waals surface area contributed by atoms with Crippen molar-refractivity contribution in [3.63, 3.8) is 0 Å². The minimum absolute atomic E-state index is 0.194. The van der Waals surface area contributed by atoms with Crippen LogP contribution in [0.15, 0.2) is 24.3 Å². The molecule has 0 saturated carbocycles. The third-order valence-corrected chi connectivity index (χ3v) is 5.35. The van der Waals surface area contributed by atoms with E-state index in [9.17, 15) is 9.59 Å². The number of hydrogen-bond donors (Lipinski definition) is 0. The summed E-state index contributed by atoms with van der Waals surface area (Å²) in [4.78, 5) is 21.3. The first-order chi connectivity index (χ1) is 9.69. The minimum atomic E-state index is -2.22. The van der Waals surface area contributed by atoms with Crippen LogP contribution in [0.2, 0.25) is 6.04 Å². The van der Waals surface area contributed by atoms with Crippen LogP contribution in [0.25, 0.3) is 0 Å². The van der Waals surface area contributed by atoms with Crippen molar-refractivity contribution in [2.24, 2.45) is 0 Å². The van der Waals surface area contributed by atoms with Gasteiger partial charge in [0.2, 0.25) is 0 Å². The Morgan fingerprint density at radius 3 is 1.38 bits per heavy atom. The molecule has 0 atom stereocenters. The molecule has 0 aliphatic carbocycles. The molecule has 0 rings (SSSR count). The summed E-state index contributed by atoms with van der Waals surface area (Å²) in [6.45, 7) is 11.6. The lowest BCUT2D eigenvalue weighted by atomic mass is 10.3. The van der Waals surface area contributed by atoms with E-state index in [1.54, 1.807) is 21.3 Å². The zero-order valence-electron chi connectivity index (χ0n) is 13.8. The van der Waals surface area contributed by atoms with Gasteiger partial charge in [-0.15, -0.1) is 0 Å². The van der Waals surface area contributed by atoms with E-state index in [4.69, 9.17) is 13.3 Å². The van der Waals surface area contributed by atoms with Crippen LogP contribution in [0.5, 0.6) is 0 Å². The molecule has 0 aliphatic heterocycles. The average Bonchev–Trinajstić information content (AvgIpc) is 2.45. The maximum absolute atomic E-state index is 10.7. The molecule has 0 aromatic carbocycles. The Labute approximate surface area is 128 Å². The Hall–Kier alpha value is -1.28. The van der Waals surface area contributed by atoms with Gasteiger partial charge >= 0.3 is 20.7 Å². The van der Waals surface area contributed by atoms with Crippen molar-refractivity contribution in [2.45, 2.75) is 33.2 Å². The highest BCUT2D eigenvalue weighted by Gasteiger charge is 2.36. The van der Waals surface area contributed by atoms with Gasteiger partial charge in [0.1, 0.15) is 0 Å². The molecule has 0 aromatic rings. The summed E-state index contributed by atoms with van der Waals surface area (Å²) < 4.78 is 19.8. The summed E-state index contributed by atoms with van der Waals surface area (Å²) in [5, 5.41) is 0. The topological polar surface area (TPSA) is 71.1 Å². The van der Waals surface area contributed by atoms with Crippen LogP contribution in [0.4, 0.5) is 0 Å². The third-order valence-electron chi connectivity index (χ3n) is 2.37. The maximum atomic E-state index is 10.7. The van der Waals surface area contributed by atoms with Crippen molar-refractivity contribution in [1.82, 2.24) is 0 Å². The van der Waals surface area contributed by atoms with Gasteiger partial charge < -0.3 is 18.0 Å². The van der Waals surface area contributed by atoms with Crippen LogP contribution < -0.4 is 0 Å². The van der Waals surface area contributed by atoms with Crippen molar-refractivity contribution >= 4 is 20.7 Å². The maximum Gasteiger partial charge on any atom is 0.500 e. The fourth-order valence-corrected chi connectivity index (χ4v) is 2.85. The van der Waals surface area contributed by atoms with Gasteiger partial charge in [-0.25, -0.2) is 9.59 Å². The van der Waals surface area contributed by atoms with Gasteiger partial charge in [0.05, 0.1) is 0 Å². The molecule has 0 unspecified atom stereocenters. The molecule has 0 fully saturated rings. The molecular weight excluding hydrogens is 292 g/mol. The van der Waals surface area contributed by atoms with Gasteiger partial charge in [-0.1, -0.05) is 26.5 Å². The number of ether oxygens (including phenoxy) is 1. The number of esters is 2. The lowest BCUT2D eigenvalue weighted by molar-refractivity contribution is -0.153. The number of carbonyl (C=O) groups is 2. The molecule has 0 amide bonds. The normalized spacial score (nSPS) is 10.2. The fraction of sp³-hybridized carbons (Fsp3) is 0.571. The van der Waals surface area contributed by atoms with Crippen LogP contribution in [0.1, 0.15) is 27.2 Å². The second kappa shape index (κ2) is 11.4. The van der Waals surface area contributed by atoms with E-state index in [1.807, 2.05) is 0 Å². The van der Waals surface area contributed by atoms with E-state index in [0.717, 1.165) is 12.5 Å². The Morgan fingerprint density at radius 1 is 0.905 bits per heavy atom. The summed E-state index contributed by atoms with van der Waals surface area (Å²) in [6, 6.07) is 0.885. The lowest BCUT2D eigenvalue weighted by Crippen LogP contribution is -2.42. The minimum Gasteiger partial charge on any atom is -0.386 e. The molecule has 21 heavy (non-hydrogen) atoms. The second-order valence-corrected chi connectivity index (χ2v) is 7.37. The van der Waals surface area contributed by atoms with Crippen LogP contribution >= 0.6 is 0 Å². The van der Waals surface area contributed by atoms with E-state index in [-0.39, 0.29) is 11.1 Å². The molecule has 0 bridgehead atoms. The molecule has 0 aromatic heterocycles. The summed E-state index contributed by atoms with van der Waals surface area (Å²) in [6.07, 6.45) is 1.03. The SMILES string of the molecule is C=C(C)C(=O)OC(=O)C(=C)C.CCC[Si](OC)(OC)OC. The van der Waals surface area contributed by atoms with Crippen LogP contribution in [-0.2, 0) is 27.6 Å². The van der Waals surface area contributed by atoms with Crippen molar-refractivity contribution in [2.75, 3.05) is 21.3 Å². The zero-order valence-corrected chi connectivity index (χ0v) is 14.8. The van der Waals surface area contributed by atoms with Gasteiger partial charge in [-0.2, -0.15) is 0 Å². The highest BCUT2D eigenvalue weighted by molar-refractivity contribution is 6.60. The predicted molar refractivity (Wildman–Crippen MR) is 82.6 cm³/mol. The van der Waals surface area contributed by atoms with E-state index in [2.05, 4.69) is 24.8 Å². The highest BCUT2D eigenvalue weighted by atomic mass is 28.4. The van der Waals surface area contributed by atoms with E-state index < -0.39 is 20.7 Å². The Morgan fingerprint density at radius 2 is 1.24 bits per heavy atom. The van der Waals surface area contributed by atoms with Gasteiger partial charge in [0.15, 0.2) is 0 Å². The van der Waals surface area contributed by atoms with Crippen molar-refractivity contribution < 1.29 is 27.6 Å². The monoisotopic (exact) mass is 318 g/mol. The molecule has 7 heteroatoms. The number of carbonyl (C=O) groups excluding carboxylic acids is 2. The smallest absolute Gasteiger partial charge is 0.386 e. The fourth-order valence-electron chi connectivity index (χ4n) is 1.12. The van der Waals surface area contributed by atoms with Crippen LogP contribution in [0, 0.1) is 0 Å². The molecule has 0 heterocycles. The van der Waals surface area contributed by atoms with Crippen LogP contribution in [-0.4, -0.2) is 42.1 Å². The van der Waals surface area contributed by atoms with Crippen molar-refractivity contribution in [3.05, 3.63) is 24.3 Å². The van der Waals surface area contributed by atoms with E-state index in [0.29, 0.717) is 0 Å². The largest absolute Gasteiger partial charge is 0.500 e. The molecule has 0 N–H and O–H groups in total. The van der Waals surface area contributed by atoms with Gasteiger partial charge in [-0.05, 0) is 13.8 Å². The molecule has 0 radical (unpaired) electrons. The molecule has 0 aliphatic rings. The molecule has 122 valence electrons. The van der Waals surface area contributed by atoms with Gasteiger partial charge in [0, 0.05) is 38.5 Å². The van der Waals surface area contributed by atoms with Gasteiger partial charge in [-0.3, -0.25) is 0 Å². The zero-order chi connectivity index (χ0) is 17.1. The van der Waals surface area contributed by atoms with Crippen molar-refractivity contribution in [1.29, 1.82) is 0 Å². The predicted octanol–water partition coefficient (Wildman–Crippen LogP) is 2.48. The molecule has 6 nitrogen and oxygen atoms in total. The molecule has 0 spiro atoms. The van der Waals surface area contributed by atoms with E-state index >= 15 is 0 Å². The summed E-state index contributed by atoms with van der Waals surface area (Å²) in [5.41, 5.74) is 0.388. The first kappa shape index (κ1) is 22.0. The quantitative estimate of drug-likeness (QED) is 0.311. The number of hydrogen-bond acceptors (Lipinski definition) is 6. The second-order valence-electron chi connectivity index (χ2n) is 4.28. The van der Waals surface area contributed by atoms with Gasteiger partial charge in [0.25, 0.3) is 0 Å². The first-order valence-electron chi connectivity index (χ1n) is 6.42. The number of rotatable bonds is 7. The average molecular weight is 318 g/mol. The van der Waals surface area contributed by atoms with Crippen molar-refractivity contribution in [3.8, 4) is 0 Å². The molecular formula is C14H26O6Si.